The van der Waals surface area contributed by atoms with E-state index in [2.05, 4.69) is 71.1 Å². The van der Waals surface area contributed by atoms with Gasteiger partial charge in [-0.3, -0.25) is 0 Å². The maximum Gasteiger partial charge on any atom is 3.00 e. The second-order valence-corrected chi connectivity index (χ2v) is 25.5. The molecule has 16 heteroatoms. The Kier molecular flexibility index (Phi) is 23.3. The van der Waals surface area contributed by atoms with Crippen LogP contribution < -0.4 is 0 Å². The molecule has 0 atom stereocenters. The molecule has 0 aliphatic carbocycles. The fourth-order valence-electron chi connectivity index (χ4n) is 12.3. The van der Waals surface area contributed by atoms with E-state index in [9.17, 15) is 27.6 Å². The molecule has 0 bridgehead atoms. The molecule has 0 aliphatic heterocycles. The number of ether oxygens (including phenoxy) is 3. The van der Waals surface area contributed by atoms with Gasteiger partial charge >= 0.3 is 38.0 Å². The minimum absolute atomic E-state index is 0. The maximum absolute atomic E-state index is 13.3. The van der Waals surface area contributed by atoms with E-state index in [0.717, 1.165) is 188 Å². The molecule has 6 aromatic heterocycles. The van der Waals surface area contributed by atoms with Gasteiger partial charge in [-0.25, -0.2) is 27.6 Å². The number of benzene rings is 9. The first-order chi connectivity index (χ1) is 51.0. The van der Waals surface area contributed by atoms with Crippen molar-refractivity contribution < 1.29 is 75.1 Å². The zero-order valence-electron chi connectivity index (χ0n) is 58.3. The number of hydrogen-bond donors (Lipinski definition) is 0. The number of rotatable bonds is 21. The first kappa shape index (κ1) is 73.6. The third kappa shape index (κ3) is 17.2. The summed E-state index contributed by atoms with van der Waals surface area (Å²) in [5.74, 6) is -1.88. The summed E-state index contributed by atoms with van der Waals surface area (Å²) < 4.78 is 74.3. The van der Waals surface area contributed by atoms with E-state index < -0.39 is 0 Å². The largest absolute Gasteiger partial charge is 3.00 e. The van der Waals surface area contributed by atoms with Crippen molar-refractivity contribution in [1.29, 1.82) is 0 Å². The van der Waals surface area contributed by atoms with E-state index >= 15 is 0 Å². The predicted octanol–water partition coefficient (Wildman–Crippen LogP) is 21.9. The summed E-state index contributed by atoms with van der Waals surface area (Å²) in [4.78, 5) is 48.3. The summed E-state index contributed by atoms with van der Waals surface area (Å²) in [6.07, 6.45) is 9.71. The second-order valence-electron chi connectivity index (χ2n) is 25.5. The van der Waals surface area contributed by atoms with Crippen molar-refractivity contribution in [3.8, 4) is 67.2 Å². The topological polar surface area (TPSA) is 157 Å². The number of pyridine rings is 3. The molecule has 12 nitrogen and oxygen atoms in total. The summed E-state index contributed by atoms with van der Waals surface area (Å²) >= 11 is 0. The summed E-state index contributed by atoms with van der Waals surface area (Å²) in [5, 5.41) is 6.00. The first-order valence-corrected chi connectivity index (χ1v) is 34.2. The average Bonchev–Trinajstić information content (AvgIpc) is 1.62. The van der Waals surface area contributed by atoms with E-state index in [1.54, 1.807) is 75.8 Å². The van der Waals surface area contributed by atoms with E-state index in [0.29, 0.717) is 36.5 Å². The Morgan fingerprint density at radius 1 is 0.358 bits per heavy atom. The molecule has 0 unspecified atom stereocenters. The number of hydrogen-bond acceptors (Lipinski definition) is 12. The van der Waals surface area contributed by atoms with Gasteiger partial charge in [0.1, 0.15) is 34.2 Å². The Morgan fingerprint density at radius 2 is 0.632 bits per heavy atom. The van der Waals surface area contributed by atoms with Crippen LogP contribution in [0, 0.1) is 35.7 Å². The van der Waals surface area contributed by atoms with E-state index in [-0.39, 0.29) is 55.5 Å². The van der Waals surface area contributed by atoms with Gasteiger partial charge < -0.3 is 42.4 Å². The summed E-state index contributed by atoms with van der Waals surface area (Å²) in [6, 6.07) is 70.6. The van der Waals surface area contributed by atoms with Crippen LogP contribution in [0.5, 0.6) is 0 Å². The molecule has 15 rings (SSSR count). The van der Waals surface area contributed by atoms with Gasteiger partial charge in [-0.05, 0) is 217 Å². The first-order valence-electron chi connectivity index (χ1n) is 34.2. The summed E-state index contributed by atoms with van der Waals surface area (Å²) in [5.41, 5.74) is 19.2. The standard InChI is InChI=1S/3C30H23FNO3.Ir/c3*1-19(2)30(33)34-16-4-5-20-8-13-28-26(17-20)24-6-3-7-25(29(24)35-28)27-18-22(14-15-32-27)21-9-11-23(31)12-10-21;/h3*3,6,8-15,17-18H,1,4-5,16H2,2H3;/q3*-1;+3. The van der Waals surface area contributed by atoms with Crippen LogP contribution >= 0.6 is 0 Å². The van der Waals surface area contributed by atoms with Gasteiger partial charge in [0.05, 0.1) is 36.6 Å². The van der Waals surface area contributed by atoms with Crippen molar-refractivity contribution in [1.82, 2.24) is 15.0 Å². The Labute approximate surface area is 623 Å². The summed E-state index contributed by atoms with van der Waals surface area (Å²) in [7, 11) is 0. The third-order valence-corrected chi connectivity index (χ3v) is 17.6. The SMILES string of the molecule is C=C(C)C(=O)OCCCc1ccc2oc3c(-c4cc(-c5ccc(F)cc5)ccn4)[c-]ccc3c2c1.C=C(C)C(=O)OCCCc1ccc2oc3c(-c4cc(-c5ccc(F)cc5)ccn4)[c-]ccc3c2c1.C=C(C)C(=O)OCCCc1ccc2oc3c(-c4cc(-c5ccc(F)cc5)ccn4)[c-]ccc3c2c1.[Ir+3]. The predicted molar refractivity (Wildman–Crippen MR) is 406 cm³/mol. The number of aryl methyl sites for hydroxylation is 3. The molecule has 0 N–H and O–H groups in total. The van der Waals surface area contributed by atoms with Crippen LogP contribution in [0.15, 0.2) is 268 Å². The van der Waals surface area contributed by atoms with Crippen molar-refractivity contribution in [2.24, 2.45) is 0 Å². The van der Waals surface area contributed by atoms with Crippen LogP contribution in [0.25, 0.3) is 133 Å². The van der Waals surface area contributed by atoms with Crippen LogP contribution in [-0.4, -0.2) is 52.7 Å². The third-order valence-electron chi connectivity index (χ3n) is 17.6. The minimum atomic E-state index is -0.359. The Balaban J connectivity index is 0.000000148. The molecule has 0 saturated heterocycles. The van der Waals surface area contributed by atoms with Gasteiger partial charge in [0.2, 0.25) is 0 Å². The normalized spacial score (nSPS) is 11.0. The number of carbonyl (C=O) groups is 3. The molecule has 528 valence electrons. The zero-order valence-corrected chi connectivity index (χ0v) is 60.6. The van der Waals surface area contributed by atoms with Gasteiger partial charge in [-0.1, -0.05) is 125 Å². The van der Waals surface area contributed by atoms with Crippen molar-refractivity contribution >= 4 is 83.7 Å². The second kappa shape index (κ2) is 33.6. The molecule has 0 amide bonds. The molecular weight excluding hydrogens is 1520 g/mol. The zero-order chi connectivity index (χ0) is 73.1. The van der Waals surface area contributed by atoms with Crippen molar-refractivity contribution in [2.45, 2.75) is 59.3 Å². The van der Waals surface area contributed by atoms with Gasteiger partial charge in [0.15, 0.2) is 0 Å². The van der Waals surface area contributed by atoms with Gasteiger partial charge in [-0.2, -0.15) is 0 Å². The van der Waals surface area contributed by atoms with Crippen LogP contribution in [0.1, 0.15) is 56.7 Å². The molecule has 0 aliphatic rings. The molecule has 0 saturated carbocycles. The van der Waals surface area contributed by atoms with Crippen molar-refractivity contribution in [2.75, 3.05) is 19.8 Å². The van der Waals surface area contributed by atoms with Gasteiger partial charge in [0, 0.05) is 51.5 Å². The molecule has 106 heavy (non-hydrogen) atoms. The monoisotopic (exact) mass is 1590 g/mol. The van der Waals surface area contributed by atoms with Crippen LogP contribution in [0.4, 0.5) is 13.2 Å². The van der Waals surface area contributed by atoms with Crippen LogP contribution in [0.3, 0.4) is 0 Å². The quantitative estimate of drug-likeness (QED) is 0.0221. The average molecular weight is 1590 g/mol. The van der Waals surface area contributed by atoms with Crippen LogP contribution in [-0.2, 0) is 68.0 Å². The minimum Gasteiger partial charge on any atom is -0.501 e. The smallest absolute Gasteiger partial charge is 0.501 e. The number of carbonyl (C=O) groups excluding carboxylic acids is 3. The number of aromatic nitrogens is 3. The number of esters is 3. The van der Waals surface area contributed by atoms with Gasteiger partial charge in [0.25, 0.3) is 0 Å². The van der Waals surface area contributed by atoms with E-state index in [4.69, 9.17) is 27.5 Å². The number of fused-ring (bicyclic) bond motifs is 9. The Morgan fingerprint density at radius 3 is 0.896 bits per heavy atom. The molecule has 0 fully saturated rings. The van der Waals surface area contributed by atoms with Gasteiger partial charge in [-0.15, -0.1) is 54.6 Å². The van der Waals surface area contributed by atoms with Crippen LogP contribution in [0.2, 0.25) is 0 Å². The molecule has 0 radical (unpaired) electrons. The molecule has 6 heterocycles. The Bertz CT molecular complexity index is 5220. The molecule has 15 aromatic rings. The van der Waals surface area contributed by atoms with Crippen molar-refractivity contribution in [3.63, 3.8) is 0 Å². The number of halogens is 3. The number of nitrogens with zero attached hydrogens (tertiary/aromatic N) is 3. The maximum atomic E-state index is 13.3. The summed E-state index contributed by atoms with van der Waals surface area (Å²) in [6.45, 7) is 16.8. The molecule has 0 spiro atoms. The fraction of sp³-hybridized carbons (Fsp3) is 0.133. The van der Waals surface area contributed by atoms with E-state index in [1.165, 1.54) is 36.4 Å². The Hall–Kier alpha value is -12.1. The van der Waals surface area contributed by atoms with Crippen molar-refractivity contribution in [3.05, 3.63) is 308 Å². The molecule has 9 aromatic carbocycles. The van der Waals surface area contributed by atoms with E-state index in [1.807, 2.05) is 109 Å². The fourth-order valence-corrected chi connectivity index (χ4v) is 12.3. The number of furan rings is 3. The molecular formula is C90H69F3IrN3O9.